The van der Waals surface area contributed by atoms with Crippen LogP contribution in [0.3, 0.4) is 0 Å². The van der Waals surface area contributed by atoms with Crippen molar-refractivity contribution in [1.82, 2.24) is 10.7 Å². The summed E-state index contributed by atoms with van der Waals surface area (Å²) in [6.07, 6.45) is 2.04. The SMILES string of the molecule is CC(C)C[C@H](NC(=O)c1ccccc1)C(=O)N/N=C/c1ccc(Cl)cc1. The van der Waals surface area contributed by atoms with Gasteiger partial charge in [0.25, 0.3) is 11.8 Å². The predicted molar refractivity (Wildman–Crippen MR) is 104 cm³/mol. The summed E-state index contributed by atoms with van der Waals surface area (Å²) in [7, 11) is 0. The molecule has 0 fully saturated rings. The van der Waals surface area contributed by atoms with E-state index in [4.69, 9.17) is 11.6 Å². The Bertz CT molecular complexity index is 758. The van der Waals surface area contributed by atoms with Crippen molar-refractivity contribution in [2.24, 2.45) is 11.0 Å². The van der Waals surface area contributed by atoms with Gasteiger partial charge in [-0.1, -0.05) is 55.8 Å². The van der Waals surface area contributed by atoms with E-state index in [9.17, 15) is 9.59 Å². The zero-order valence-corrected chi connectivity index (χ0v) is 15.5. The number of hydrazone groups is 1. The number of carbonyl (C=O) groups is 2. The molecule has 0 radical (unpaired) electrons. The first-order valence-electron chi connectivity index (χ1n) is 8.40. The number of hydrogen-bond acceptors (Lipinski definition) is 3. The summed E-state index contributed by atoms with van der Waals surface area (Å²) in [6, 6.07) is 15.2. The van der Waals surface area contributed by atoms with Crippen molar-refractivity contribution in [3.8, 4) is 0 Å². The van der Waals surface area contributed by atoms with E-state index >= 15 is 0 Å². The van der Waals surface area contributed by atoms with Gasteiger partial charge >= 0.3 is 0 Å². The highest BCUT2D eigenvalue weighted by atomic mass is 35.5. The maximum Gasteiger partial charge on any atom is 0.262 e. The van der Waals surface area contributed by atoms with E-state index in [1.54, 1.807) is 48.5 Å². The van der Waals surface area contributed by atoms with Crippen molar-refractivity contribution in [3.05, 3.63) is 70.7 Å². The largest absolute Gasteiger partial charge is 0.340 e. The molecule has 1 atom stereocenters. The molecule has 0 aliphatic heterocycles. The van der Waals surface area contributed by atoms with Gasteiger partial charge in [-0.05, 0) is 42.2 Å². The van der Waals surface area contributed by atoms with Crippen LogP contribution in [-0.4, -0.2) is 24.1 Å². The Kier molecular flexibility index (Phi) is 7.36. The molecule has 0 saturated heterocycles. The van der Waals surface area contributed by atoms with Gasteiger partial charge in [-0.25, -0.2) is 5.43 Å². The maximum absolute atomic E-state index is 12.4. The molecule has 0 spiro atoms. The van der Waals surface area contributed by atoms with Gasteiger partial charge in [0.2, 0.25) is 0 Å². The Labute approximate surface area is 158 Å². The van der Waals surface area contributed by atoms with Crippen LogP contribution in [0.25, 0.3) is 0 Å². The van der Waals surface area contributed by atoms with E-state index in [0.717, 1.165) is 5.56 Å². The Morgan fingerprint density at radius 3 is 2.35 bits per heavy atom. The smallest absolute Gasteiger partial charge is 0.262 e. The van der Waals surface area contributed by atoms with E-state index in [0.29, 0.717) is 17.0 Å². The third-order valence-corrected chi connectivity index (χ3v) is 3.88. The van der Waals surface area contributed by atoms with Crippen LogP contribution in [0.15, 0.2) is 59.7 Å². The summed E-state index contributed by atoms with van der Waals surface area (Å²) in [5, 5.41) is 7.37. The average molecular weight is 372 g/mol. The Balaban J connectivity index is 1.99. The molecule has 2 amide bonds. The highest BCUT2D eigenvalue weighted by Crippen LogP contribution is 2.09. The summed E-state index contributed by atoms with van der Waals surface area (Å²) < 4.78 is 0. The van der Waals surface area contributed by atoms with Gasteiger partial charge in [0.15, 0.2) is 0 Å². The first-order chi connectivity index (χ1) is 12.5. The fraction of sp³-hybridized carbons (Fsp3) is 0.250. The summed E-state index contributed by atoms with van der Waals surface area (Å²) >= 11 is 5.83. The van der Waals surface area contributed by atoms with Gasteiger partial charge in [-0.3, -0.25) is 9.59 Å². The summed E-state index contributed by atoms with van der Waals surface area (Å²) in [5.41, 5.74) is 3.81. The quantitative estimate of drug-likeness (QED) is 0.576. The molecule has 2 aromatic rings. The lowest BCUT2D eigenvalue weighted by molar-refractivity contribution is -0.123. The van der Waals surface area contributed by atoms with Gasteiger partial charge in [-0.15, -0.1) is 0 Å². The zero-order chi connectivity index (χ0) is 18.9. The molecule has 2 N–H and O–H groups in total. The van der Waals surface area contributed by atoms with Crippen LogP contribution < -0.4 is 10.7 Å². The molecule has 0 unspecified atom stereocenters. The minimum Gasteiger partial charge on any atom is -0.340 e. The monoisotopic (exact) mass is 371 g/mol. The first-order valence-corrected chi connectivity index (χ1v) is 8.78. The van der Waals surface area contributed by atoms with E-state index < -0.39 is 6.04 Å². The number of amides is 2. The predicted octanol–water partition coefficient (Wildman–Crippen LogP) is 3.63. The molecule has 136 valence electrons. The van der Waals surface area contributed by atoms with Crippen molar-refractivity contribution < 1.29 is 9.59 Å². The summed E-state index contributed by atoms with van der Waals surface area (Å²) in [4.78, 5) is 24.8. The zero-order valence-electron chi connectivity index (χ0n) is 14.8. The van der Waals surface area contributed by atoms with Crippen LogP contribution in [0.4, 0.5) is 0 Å². The normalized spacial score (nSPS) is 12.2. The summed E-state index contributed by atoms with van der Waals surface area (Å²) in [5.74, 6) is -0.400. The topological polar surface area (TPSA) is 70.6 Å². The second-order valence-corrected chi connectivity index (χ2v) is 6.74. The number of rotatable bonds is 7. The molecule has 6 heteroatoms. The lowest BCUT2D eigenvalue weighted by Gasteiger charge is -2.19. The summed E-state index contributed by atoms with van der Waals surface area (Å²) in [6.45, 7) is 3.98. The van der Waals surface area contributed by atoms with Gasteiger partial charge in [0.1, 0.15) is 6.04 Å². The number of halogens is 1. The standard InChI is InChI=1S/C20H22ClN3O2/c1-14(2)12-18(23-19(25)16-6-4-3-5-7-16)20(26)24-22-13-15-8-10-17(21)11-9-15/h3-11,13-14,18H,12H2,1-2H3,(H,23,25)(H,24,26)/b22-13+/t18-/m0/s1. The number of nitrogens with zero attached hydrogens (tertiary/aromatic N) is 1. The van der Waals surface area contributed by atoms with E-state index in [-0.39, 0.29) is 17.7 Å². The molecular weight excluding hydrogens is 350 g/mol. The fourth-order valence-electron chi connectivity index (χ4n) is 2.33. The van der Waals surface area contributed by atoms with Gasteiger partial charge < -0.3 is 5.32 Å². The number of nitrogens with one attached hydrogen (secondary N) is 2. The molecule has 0 saturated carbocycles. The second-order valence-electron chi connectivity index (χ2n) is 6.31. The second kappa shape index (κ2) is 9.73. The number of carbonyl (C=O) groups excluding carboxylic acids is 2. The molecule has 0 heterocycles. The highest BCUT2D eigenvalue weighted by molar-refractivity contribution is 6.30. The molecule has 5 nitrogen and oxygen atoms in total. The van der Waals surface area contributed by atoms with Crippen molar-refractivity contribution >= 4 is 29.6 Å². The molecule has 0 bridgehead atoms. The maximum atomic E-state index is 12.4. The number of benzene rings is 2. The van der Waals surface area contributed by atoms with Crippen molar-refractivity contribution in [2.75, 3.05) is 0 Å². The van der Waals surface area contributed by atoms with Crippen LogP contribution in [-0.2, 0) is 4.79 Å². The first kappa shape index (κ1) is 19.7. The van der Waals surface area contributed by atoms with Crippen LogP contribution in [0.2, 0.25) is 5.02 Å². The van der Waals surface area contributed by atoms with E-state index in [2.05, 4.69) is 15.8 Å². The third-order valence-electron chi connectivity index (χ3n) is 3.62. The van der Waals surface area contributed by atoms with E-state index in [1.165, 1.54) is 6.21 Å². The Morgan fingerprint density at radius 2 is 1.73 bits per heavy atom. The Hall–Kier alpha value is -2.66. The molecular formula is C20H22ClN3O2. The molecule has 0 aromatic heterocycles. The lowest BCUT2D eigenvalue weighted by Crippen LogP contribution is -2.46. The number of hydrogen-bond donors (Lipinski definition) is 2. The Morgan fingerprint density at radius 1 is 1.08 bits per heavy atom. The lowest BCUT2D eigenvalue weighted by atomic mass is 10.0. The molecule has 2 aromatic carbocycles. The van der Waals surface area contributed by atoms with Gasteiger partial charge in [-0.2, -0.15) is 5.10 Å². The van der Waals surface area contributed by atoms with Crippen LogP contribution in [0.1, 0.15) is 36.2 Å². The van der Waals surface area contributed by atoms with Crippen LogP contribution in [0, 0.1) is 5.92 Å². The van der Waals surface area contributed by atoms with Crippen molar-refractivity contribution in [1.29, 1.82) is 0 Å². The molecule has 26 heavy (non-hydrogen) atoms. The van der Waals surface area contributed by atoms with E-state index in [1.807, 2.05) is 19.9 Å². The average Bonchev–Trinajstić information content (AvgIpc) is 2.63. The minimum absolute atomic E-state index is 0.238. The van der Waals surface area contributed by atoms with Gasteiger partial charge in [0.05, 0.1) is 6.21 Å². The third kappa shape index (κ3) is 6.33. The molecule has 2 rings (SSSR count). The minimum atomic E-state index is -0.662. The highest BCUT2D eigenvalue weighted by Gasteiger charge is 2.22. The fourth-order valence-corrected chi connectivity index (χ4v) is 2.46. The van der Waals surface area contributed by atoms with Crippen LogP contribution in [0.5, 0.6) is 0 Å². The molecule has 0 aliphatic rings. The van der Waals surface area contributed by atoms with Gasteiger partial charge in [0, 0.05) is 10.6 Å². The van der Waals surface area contributed by atoms with Crippen molar-refractivity contribution in [2.45, 2.75) is 26.3 Å². The van der Waals surface area contributed by atoms with Crippen molar-refractivity contribution in [3.63, 3.8) is 0 Å². The molecule has 0 aliphatic carbocycles. The van der Waals surface area contributed by atoms with Crippen LogP contribution >= 0.6 is 11.6 Å².